The van der Waals surface area contributed by atoms with Crippen LogP contribution in [0.2, 0.25) is 0 Å². The van der Waals surface area contributed by atoms with Gasteiger partial charge in [0.05, 0.1) is 0 Å². The summed E-state index contributed by atoms with van der Waals surface area (Å²) in [5.74, 6) is 0.0386. The fourth-order valence-corrected chi connectivity index (χ4v) is 0.892. The highest BCUT2D eigenvalue weighted by atomic mass is 16.5. The first-order valence-corrected chi connectivity index (χ1v) is 3.83. The predicted molar refractivity (Wildman–Crippen MR) is 56.0 cm³/mol. The molecule has 14 heavy (non-hydrogen) atoms. The van der Waals surface area contributed by atoms with Crippen LogP contribution in [-0.4, -0.2) is 11.4 Å². The molecule has 3 nitrogen and oxygen atoms in total. The standard InChI is InChI=1S/C11H10O2.H2O/c1-3-9-7-5-6-8-10(9)13-11(12)4-2;/h3-8H,1-2H2;1H2. The van der Waals surface area contributed by atoms with Crippen LogP contribution in [0.15, 0.2) is 43.5 Å². The highest BCUT2D eigenvalue weighted by Crippen LogP contribution is 2.18. The van der Waals surface area contributed by atoms with Gasteiger partial charge in [-0.15, -0.1) is 0 Å². The van der Waals surface area contributed by atoms with Gasteiger partial charge in [-0.05, 0) is 6.07 Å². The van der Waals surface area contributed by atoms with Crippen molar-refractivity contribution in [3.05, 3.63) is 49.1 Å². The molecule has 0 aliphatic rings. The van der Waals surface area contributed by atoms with Crippen molar-refractivity contribution in [1.82, 2.24) is 0 Å². The molecule has 0 saturated carbocycles. The molecule has 2 N–H and O–H groups in total. The Morgan fingerprint density at radius 2 is 1.93 bits per heavy atom. The molecule has 3 heteroatoms. The van der Waals surface area contributed by atoms with Crippen LogP contribution in [0, 0.1) is 0 Å². The van der Waals surface area contributed by atoms with E-state index in [1.54, 1.807) is 18.2 Å². The van der Waals surface area contributed by atoms with Crippen LogP contribution in [0.5, 0.6) is 5.75 Å². The van der Waals surface area contributed by atoms with E-state index in [-0.39, 0.29) is 5.48 Å². The van der Waals surface area contributed by atoms with Gasteiger partial charge in [0, 0.05) is 11.6 Å². The Morgan fingerprint density at radius 3 is 2.50 bits per heavy atom. The maximum atomic E-state index is 10.9. The zero-order chi connectivity index (χ0) is 9.68. The van der Waals surface area contributed by atoms with Crippen molar-refractivity contribution < 1.29 is 15.0 Å². The van der Waals surface area contributed by atoms with Crippen molar-refractivity contribution in [3.8, 4) is 5.75 Å². The molecule has 0 saturated heterocycles. The van der Waals surface area contributed by atoms with E-state index in [0.29, 0.717) is 5.75 Å². The monoisotopic (exact) mass is 192 g/mol. The van der Waals surface area contributed by atoms with Gasteiger partial charge >= 0.3 is 5.97 Å². The normalized spacial score (nSPS) is 8.29. The lowest BCUT2D eigenvalue weighted by Crippen LogP contribution is -2.03. The van der Waals surface area contributed by atoms with Crippen LogP contribution in [0.1, 0.15) is 5.56 Å². The Labute approximate surface area is 82.6 Å². The number of rotatable bonds is 3. The molecule has 0 unspecified atom stereocenters. The topological polar surface area (TPSA) is 57.8 Å². The fraction of sp³-hybridized carbons (Fsp3) is 0. The molecule has 1 aromatic carbocycles. The number of carbonyl (C=O) groups excluding carboxylic acids is 1. The highest BCUT2D eigenvalue weighted by molar-refractivity contribution is 5.84. The first-order chi connectivity index (χ1) is 6.27. The van der Waals surface area contributed by atoms with Crippen LogP contribution in [0.3, 0.4) is 0 Å². The quantitative estimate of drug-likeness (QED) is 0.415. The van der Waals surface area contributed by atoms with Gasteiger partial charge in [-0.25, -0.2) is 4.79 Å². The number of carbonyl (C=O) groups is 1. The Morgan fingerprint density at radius 1 is 1.29 bits per heavy atom. The third-order valence-corrected chi connectivity index (χ3v) is 1.52. The average Bonchev–Trinajstić information content (AvgIpc) is 2.18. The van der Waals surface area contributed by atoms with Gasteiger partial charge in [-0.1, -0.05) is 37.4 Å². The number of hydrogen-bond donors (Lipinski definition) is 0. The first-order valence-electron chi connectivity index (χ1n) is 3.83. The maximum Gasteiger partial charge on any atom is 0.335 e. The van der Waals surface area contributed by atoms with E-state index < -0.39 is 5.97 Å². The number of benzene rings is 1. The fourth-order valence-electron chi connectivity index (χ4n) is 0.892. The maximum absolute atomic E-state index is 10.9. The molecule has 0 atom stereocenters. The molecule has 0 amide bonds. The van der Waals surface area contributed by atoms with Crippen molar-refractivity contribution in [3.63, 3.8) is 0 Å². The summed E-state index contributed by atoms with van der Waals surface area (Å²) in [6, 6.07) is 7.16. The second kappa shape index (κ2) is 5.72. The summed E-state index contributed by atoms with van der Waals surface area (Å²) in [4.78, 5) is 10.9. The lowest BCUT2D eigenvalue weighted by atomic mass is 10.2. The highest BCUT2D eigenvalue weighted by Gasteiger charge is 2.02. The van der Waals surface area contributed by atoms with E-state index in [1.807, 2.05) is 12.1 Å². The Hall–Kier alpha value is -1.87. The SMILES string of the molecule is C=CC(=O)Oc1ccccc1C=C.O. The molecule has 0 bridgehead atoms. The zero-order valence-electron chi connectivity index (χ0n) is 7.69. The number of esters is 1. The van der Waals surface area contributed by atoms with Gasteiger partial charge in [-0.2, -0.15) is 0 Å². The van der Waals surface area contributed by atoms with Crippen molar-refractivity contribution >= 4 is 12.0 Å². The molecular formula is C11H12O3. The van der Waals surface area contributed by atoms with Gasteiger partial charge in [-0.3, -0.25) is 0 Å². The van der Waals surface area contributed by atoms with E-state index in [9.17, 15) is 4.79 Å². The zero-order valence-corrected chi connectivity index (χ0v) is 7.69. The Balaban J connectivity index is 0.00000169. The molecule has 0 aliphatic heterocycles. The smallest absolute Gasteiger partial charge is 0.335 e. The molecule has 0 spiro atoms. The molecule has 0 radical (unpaired) electrons. The van der Waals surface area contributed by atoms with Gasteiger partial charge in [0.15, 0.2) is 0 Å². The van der Waals surface area contributed by atoms with Crippen molar-refractivity contribution in [1.29, 1.82) is 0 Å². The molecule has 1 rings (SSSR count). The molecule has 1 aromatic rings. The van der Waals surface area contributed by atoms with Gasteiger partial charge in [0.25, 0.3) is 0 Å². The molecule has 0 fully saturated rings. The number of para-hydroxylation sites is 1. The summed E-state index contributed by atoms with van der Waals surface area (Å²) in [5.41, 5.74) is 0.790. The van der Waals surface area contributed by atoms with E-state index in [1.165, 1.54) is 0 Å². The van der Waals surface area contributed by atoms with Crippen molar-refractivity contribution in [2.45, 2.75) is 0 Å². The molecule has 0 aliphatic carbocycles. The lowest BCUT2D eigenvalue weighted by molar-refractivity contribution is -0.128. The second-order valence-corrected chi connectivity index (χ2v) is 2.37. The predicted octanol–water partition coefficient (Wildman–Crippen LogP) is 1.60. The summed E-state index contributed by atoms with van der Waals surface area (Å²) in [7, 11) is 0. The van der Waals surface area contributed by atoms with Crippen LogP contribution in [-0.2, 0) is 4.79 Å². The largest absolute Gasteiger partial charge is 0.423 e. The summed E-state index contributed by atoms with van der Waals surface area (Å²) in [6.45, 7) is 6.92. The average molecular weight is 192 g/mol. The van der Waals surface area contributed by atoms with Crippen LogP contribution >= 0.6 is 0 Å². The third kappa shape index (κ3) is 2.88. The minimum atomic E-state index is -0.464. The lowest BCUT2D eigenvalue weighted by Gasteiger charge is -2.03. The van der Waals surface area contributed by atoms with E-state index in [2.05, 4.69) is 13.2 Å². The molecule has 0 heterocycles. The van der Waals surface area contributed by atoms with E-state index in [4.69, 9.17) is 4.74 Å². The molecule has 74 valence electrons. The number of ether oxygens (including phenoxy) is 1. The molecular weight excluding hydrogens is 180 g/mol. The second-order valence-electron chi connectivity index (χ2n) is 2.37. The minimum absolute atomic E-state index is 0. The van der Waals surface area contributed by atoms with Crippen molar-refractivity contribution in [2.75, 3.05) is 0 Å². The summed E-state index contributed by atoms with van der Waals surface area (Å²) < 4.78 is 4.96. The third-order valence-electron chi connectivity index (χ3n) is 1.52. The Bertz CT molecular complexity index is 342. The molecule has 0 aromatic heterocycles. The first kappa shape index (κ1) is 12.1. The van der Waals surface area contributed by atoms with Crippen LogP contribution in [0.4, 0.5) is 0 Å². The van der Waals surface area contributed by atoms with Gasteiger partial charge in [0.1, 0.15) is 5.75 Å². The number of hydrogen-bond acceptors (Lipinski definition) is 2. The van der Waals surface area contributed by atoms with Crippen LogP contribution < -0.4 is 4.74 Å². The summed E-state index contributed by atoms with van der Waals surface area (Å²) >= 11 is 0. The van der Waals surface area contributed by atoms with E-state index in [0.717, 1.165) is 11.6 Å². The summed E-state index contributed by atoms with van der Waals surface area (Å²) in [5, 5.41) is 0. The van der Waals surface area contributed by atoms with Crippen molar-refractivity contribution in [2.24, 2.45) is 0 Å². The van der Waals surface area contributed by atoms with Gasteiger partial charge in [0.2, 0.25) is 0 Å². The van der Waals surface area contributed by atoms with E-state index >= 15 is 0 Å². The van der Waals surface area contributed by atoms with Gasteiger partial charge < -0.3 is 10.2 Å². The minimum Gasteiger partial charge on any atom is -0.423 e. The Kier molecular flexibility index (Phi) is 4.96. The summed E-state index contributed by atoms with van der Waals surface area (Å²) in [6.07, 6.45) is 2.76. The van der Waals surface area contributed by atoms with Crippen LogP contribution in [0.25, 0.3) is 6.08 Å².